The van der Waals surface area contributed by atoms with Crippen LogP contribution in [0, 0.1) is 6.92 Å². The van der Waals surface area contributed by atoms with E-state index >= 15 is 0 Å². The number of anilines is 1. The highest BCUT2D eigenvalue weighted by Crippen LogP contribution is 2.35. The highest BCUT2D eigenvalue weighted by Gasteiger charge is 2.38. The van der Waals surface area contributed by atoms with Gasteiger partial charge in [0.15, 0.2) is 0 Å². The van der Waals surface area contributed by atoms with E-state index in [0.717, 1.165) is 19.3 Å². The molecule has 0 aromatic heterocycles. The molecule has 1 fully saturated rings. The number of rotatable bonds is 5. The van der Waals surface area contributed by atoms with E-state index in [1.807, 2.05) is 0 Å². The maximum atomic E-state index is 12.4. The van der Waals surface area contributed by atoms with Crippen molar-refractivity contribution in [3.63, 3.8) is 0 Å². The quantitative estimate of drug-likeness (QED) is 0.814. The van der Waals surface area contributed by atoms with E-state index in [9.17, 15) is 8.42 Å². The fraction of sp³-hybridized carbons (Fsp3) is 0.538. The Balaban J connectivity index is 2.20. The third-order valence-corrected chi connectivity index (χ3v) is 5.74. The van der Waals surface area contributed by atoms with Crippen molar-refractivity contribution in [2.75, 3.05) is 19.4 Å². The van der Waals surface area contributed by atoms with Crippen LogP contribution in [-0.4, -0.2) is 27.7 Å². The molecule has 1 aromatic rings. The van der Waals surface area contributed by atoms with Gasteiger partial charge >= 0.3 is 0 Å². The minimum Gasteiger partial charge on any atom is -0.397 e. The molecule has 0 unspecified atom stereocenters. The van der Waals surface area contributed by atoms with Crippen LogP contribution in [0.25, 0.3) is 0 Å². The summed E-state index contributed by atoms with van der Waals surface area (Å²) in [6.07, 6.45) is 2.80. The number of nitrogen functional groups attached to an aromatic ring is 1. The van der Waals surface area contributed by atoms with Gasteiger partial charge in [0.25, 0.3) is 0 Å². The molecule has 3 N–H and O–H groups in total. The van der Waals surface area contributed by atoms with Gasteiger partial charge < -0.3 is 10.5 Å². The third kappa shape index (κ3) is 2.93. The summed E-state index contributed by atoms with van der Waals surface area (Å²) in [6.45, 7) is 1.96. The van der Waals surface area contributed by atoms with Crippen molar-refractivity contribution in [3.8, 4) is 0 Å². The van der Waals surface area contributed by atoms with Crippen LogP contribution in [0.3, 0.4) is 0 Å². The average molecular weight is 319 g/mol. The number of ether oxygens (including phenoxy) is 1. The van der Waals surface area contributed by atoms with Crippen LogP contribution >= 0.6 is 11.6 Å². The minimum atomic E-state index is -3.62. The molecule has 2 rings (SSSR count). The SMILES string of the molecule is COC1(CNS(=O)(=O)c2cc(N)c(Cl)cc2C)CCC1. The van der Waals surface area contributed by atoms with Gasteiger partial charge in [-0.3, -0.25) is 0 Å². The van der Waals surface area contributed by atoms with Crippen LogP contribution in [0.1, 0.15) is 24.8 Å². The molecule has 0 atom stereocenters. The molecule has 1 saturated carbocycles. The van der Waals surface area contributed by atoms with E-state index in [0.29, 0.717) is 10.6 Å². The Bertz CT molecular complexity index is 607. The van der Waals surface area contributed by atoms with Crippen LogP contribution in [0.2, 0.25) is 5.02 Å². The number of aryl methyl sites for hydroxylation is 1. The Morgan fingerprint density at radius 2 is 2.10 bits per heavy atom. The van der Waals surface area contributed by atoms with Crippen molar-refractivity contribution in [1.82, 2.24) is 4.72 Å². The molecule has 112 valence electrons. The van der Waals surface area contributed by atoms with Crippen LogP contribution in [0.5, 0.6) is 0 Å². The predicted octanol–water partition coefficient (Wildman–Crippen LogP) is 2.08. The van der Waals surface area contributed by atoms with Gasteiger partial charge in [-0.2, -0.15) is 0 Å². The van der Waals surface area contributed by atoms with Gasteiger partial charge in [0.05, 0.1) is 21.2 Å². The van der Waals surface area contributed by atoms with E-state index in [1.54, 1.807) is 20.1 Å². The zero-order valence-corrected chi connectivity index (χ0v) is 13.1. The van der Waals surface area contributed by atoms with Crippen LogP contribution in [-0.2, 0) is 14.8 Å². The number of sulfonamides is 1. The van der Waals surface area contributed by atoms with E-state index < -0.39 is 10.0 Å². The second-order valence-corrected chi connectivity index (χ2v) is 7.35. The second kappa shape index (κ2) is 5.52. The lowest BCUT2D eigenvalue weighted by Crippen LogP contribution is -2.49. The molecule has 1 aromatic carbocycles. The summed E-state index contributed by atoms with van der Waals surface area (Å²) in [5.41, 5.74) is 6.14. The van der Waals surface area contributed by atoms with Crippen LogP contribution < -0.4 is 10.5 Å². The lowest BCUT2D eigenvalue weighted by Gasteiger charge is -2.40. The van der Waals surface area contributed by atoms with E-state index in [-0.39, 0.29) is 22.7 Å². The zero-order chi connectivity index (χ0) is 15.0. The maximum Gasteiger partial charge on any atom is 0.241 e. The monoisotopic (exact) mass is 318 g/mol. The van der Waals surface area contributed by atoms with Crippen molar-refractivity contribution >= 4 is 27.3 Å². The Morgan fingerprint density at radius 1 is 1.45 bits per heavy atom. The Labute approximate surface area is 124 Å². The van der Waals surface area contributed by atoms with Gasteiger partial charge in [0, 0.05) is 13.7 Å². The summed E-state index contributed by atoms with van der Waals surface area (Å²) >= 11 is 5.88. The molecule has 20 heavy (non-hydrogen) atoms. The van der Waals surface area contributed by atoms with Gasteiger partial charge in [-0.05, 0) is 43.9 Å². The number of benzene rings is 1. The largest absolute Gasteiger partial charge is 0.397 e. The van der Waals surface area contributed by atoms with Gasteiger partial charge in [-0.25, -0.2) is 13.1 Å². The summed E-state index contributed by atoms with van der Waals surface area (Å²) in [6, 6.07) is 2.95. The summed E-state index contributed by atoms with van der Waals surface area (Å²) < 4.78 is 32.7. The number of halogens is 1. The molecule has 0 spiro atoms. The molecule has 0 saturated heterocycles. The summed E-state index contributed by atoms with van der Waals surface area (Å²) in [7, 11) is -2.01. The molecule has 0 bridgehead atoms. The van der Waals surface area contributed by atoms with E-state index in [4.69, 9.17) is 22.1 Å². The van der Waals surface area contributed by atoms with Crippen molar-refractivity contribution in [2.45, 2.75) is 36.7 Å². The molecule has 0 radical (unpaired) electrons. The molecular formula is C13H19ClN2O3S. The smallest absolute Gasteiger partial charge is 0.241 e. The molecule has 0 heterocycles. The lowest BCUT2D eigenvalue weighted by atomic mass is 9.80. The second-order valence-electron chi connectivity index (χ2n) is 5.20. The predicted molar refractivity (Wildman–Crippen MR) is 79.4 cm³/mol. The number of nitrogens with two attached hydrogens (primary N) is 1. The Kier molecular flexibility index (Phi) is 4.30. The molecular weight excluding hydrogens is 300 g/mol. The first-order valence-corrected chi connectivity index (χ1v) is 8.26. The van der Waals surface area contributed by atoms with Gasteiger partial charge in [-0.1, -0.05) is 11.6 Å². The Hall–Kier alpha value is -0.820. The van der Waals surface area contributed by atoms with E-state index in [1.165, 1.54) is 6.07 Å². The molecule has 5 nitrogen and oxygen atoms in total. The minimum absolute atomic E-state index is 0.157. The first kappa shape index (κ1) is 15.6. The van der Waals surface area contributed by atoms with Crippen molar-refractivity contribution < 1.29 is 13.2 Å². The molecule has 7 heteroatoms. The van der Waals surface area contributed by atoms with Crippen LogP contribution in [0.15, 0.2) is 17.0 Å². The standard InChI is InChI=1S/C13H19ClN2O3S/c1-9-6-10(14)11(15)7-12(9)20(17,18)16-8-13(19-2)4-3-5-13/h6-7,16H,3-5,8,15H2,1-2H3. The molecule has 0 amide bonds. The highest BCUT2D eigenvalue weighted by molar-refractivity contribution is 7.89. The normalized spacial score (nSPS) is 17.8. The fourth-order valence-corrected chi connectivity index (χ4v) is 3.88. The molecule has 1 aliphatic carbocycles. The van der Waals surface area contributed by atoms with Crippen molar-refractivity contribution in [3.05, 3.63) is 22.7 Å². The van der Waals surface area contributed by atoms with Crippen molar-refractivity contribution in [1.29, 1.82) is 0 Å². The lowest BCUT2D eigenvalue weighted by molar-refractivity contribution is -0.0659. The Morgan fingerprint density at radius 3 is 2.60 bits per heavy atom. The van der Waals surface area contributed by atoms with Crippen molar-refractivity contribution in [2.24, 2.45) is 0 Å². The molecule has 0 aliphatic heterocycles. The fourth-order valence-electron chi connectivity index (χ4n) is 2.29. The van der Waals surface area contributed by atoms with Crippen LogP contribution in [0.4, 0.5) is 5.69 Å². The first-order valence-electron chi connectivity index (χ1n) is 6.40. The maximum absolute atomic E-state index is 12.4. The number of hydrogen-bond donors (Lipinski definition) is 2. The summed E-state index contributed by atoms with van der Waals surface area (Å²) in [5, 5.41) is 0.355. The number of methoxy groups -OCH3 is 1. The number of hydrogen-bond acceptors (Lipinski definition) is 4. The zero-order valence-electron chi connectivity index (χ0n) is 11.6. The first-order chi connectivity index (χ1) is 9.30. The highest BCUT2D eigenvalue weighted by atomic mass is 35.5. The van der Waals surface area contributed by atoms with Gasteiger partial charge in [-0.15, -0.1) is 0 Å². The average Bonchev–Trinajstić information content (AvgIpc) is 2.32. The third-order valence-electron chi connectivity index (χ3n) is 3.87. The summed E-state index contributed by atoms with van der Waals surface area (Å²) in [4.78, 5) is 0.157. The number of nitrogens with one attached hydrogen (secondary N) is 1. The summed E-state index contributed by atoms with van der Waals surface area (Å²) in [5.74, 6) is 0. The van der Waals surface area contributed by atoms with Gasteiger partial charge in [0.1, 0.15) is 0 Å². The molecule has 1 aliphatic rings. The topological polar surface area (TPSA) is 81.4 Å². The van der Waals surface area contributed by atoms with Gasteiger partial charge in [0.2, 0.25) is 10.0 Å². The van der Waals surface area contributed by atoms with E-state index in [2.05, 4.69) is 4.72 Å².